The van der Waals surface area contributed by atoms with Crippen LogP contribution >= 0.6 is 34.5 Å². The van der Waals surface area contributed by atoms with Crippen LogP contribution in [0.1, 0.15) is 44.9 Å². The van der Waals surface area contributed by atoms with Crippen molar-refractivity contribution in [2.24, 2.45) is 5.73 Å². The monoisotopic (exact) mass is 619 g/mol. The first-order chi connectivity index (χ1) is 19.6. The van der Waals surface area contributed by atoms with E-state index in [-0.39, 0.29) is 27.8 Å². The molecule has 15 heteroatoms. The molecule has 0 radical (unpaired) electrons. The van der Waals surface area contributed by atoms with E-state index >= 15 is 0 Å². The fraction of sp³-hybridized carbons (Fsp3) is 0.192. The number of fused-ring (bicyclic) bond motifs is 1. The Morgan fingerprint density at radius 2 is 1.98 bits per heavy atom. The topological polar surface area (TPSA) is 130 Å². The molecule has 1 aromatic carbocycles. The molecular formula is C26H21Cl2F2N7O3S. The van der Waals surface area contributed by atoms with Gasteiger partial charge in [-0.3, -0.25) is 14.3 Å². The van der Waals surface area contributed by atoms with Crippen molar-refractivity contribution in [2.75, 3.05) is 5.32 Å². The largest absolute Gasteiger partial charge is 0.470 e. The van der Waals surface area contributed by atoms with E-state index in [2.05, 4.69) is 20.5 Å². The van der Waals surface area contributed by atoms with Crippen LogP contribution in [-0.2, 0) is 13.3 Å². The zero-order valence-corrected chi connectivity index (χ0v) is 23.8. The van der Waals surface area contributed by atoms with Crippen LogP contribution in [0.4, 0.5) is 14.5 Å². The number of ether oxygens (including phenoxy) is 1. The van der Waals surface area contributed by atoms with Crippen LogP contribution in [0.25, 0.3) is 21.3 Å². The van der Waals surface area contributed by atoms with Gasteiger partial charge < -0.3 is 15.8 Å². The predicted octanol–water partition coefficient (Wildman–Crippen LogP) is 6.32. The van der Waals surface area contributed by atoms with Gasteiger partial charge in [0, 0.05) is 34.4 Å². The molecule has 4 aromatic heterocycles. The number of aromatic nitrogens is 5. The number of carbonyl (C=O) groups is 2. The summed E-state index contributed by atoms with van der Waals surface area (Å²) < 4.78 is 36.3. The van der Waals surface area contributed by atoms with E-state index in [0.29, 0.717) is 44.5 Å². The number of amides is 2. The van der Waals surface area contributed by atoms with Crippen molar-refractivity contribution in [1.82, 2.24) is 24.5 Å². The van der Waals surface area contributed by atoms with Crippen molar-refractivity contribution in [3.63, 3.8) is 0 Å². The number of primary amides is 1. The normalized spacial score (nSPS) is 11.4. The van der Waals surface area contributed by atoms with Crippen molar-refractivity contribution < 1.29 is 23.1 Å². The molecule has 5 aromatic rings. The summed E-state index contributed by atoms with van der Waals surface area (Å²) >= 11 is 12.9. The van der Waals surface area contributed by atoms with Gasteiger partial charge in [0.15, 0.2) is 12.4 Å². The molecule has 0 aliphatic rings. The third kappa shape index (κ3) is 5.60. The molecule has 4 heterocycles. The molecule has 0 spiro atoms. The van der Waals surface area contributed by atoms with E-state index < -0.39 is 23.9 Å². The third-order valence-corrected chi connectivity index (χ3v) is 7.81. The van der Waals surface area contributed by atoms with Gasteiger partial charge in [-0.05, 0) is 49.7 Å². The first-order valence-corrected chi connectivity index (χ1v) is 13.6. The van der Waals surface area contributed by atoms with Gasteiger partial charge in [-0.2, -0.15) is 10.2 Å². The fourth-order valence-corrected chi connectivity index (χ4v) is 5.70. The summed E-state index contributed by atoms with van der Waals surface area (Å²) in [5.74, 6) is -1.15. The number of anilines is 1. The number of nitrogens with two attached hydrogens (primary N) is 1. The average molecular weight is 620 g/mol. The number of rotatable bonds is 9. The number of hydrogen-bond donors (Lipinski definition) is 2. The Morgan fingerprint density at radius 3 is 2.63 bits per heavy atom. The van der Waals surface area contributed by atoms with E-state index in [1.54, 1.807) is 29.9 Å². The molecule has 212 valence electrons. The Labute approximate surface area is 245 Å². The number of hydrogen-bond acceptors (Lipinski definition) is 7. The predicted molar refractivity (Wildman–Crippen MR) is 152 cm³/mol. The lowest BCUT2D eigenvalue weighted by atomic mass is 10.0. The minimum Gasteiger partial charge on any atom is -0.470 e. The molecule has 0 aliphatic carbocycles. The summed E-state index contributed by atoms with van der Waals surface area (Å²) in [7, 11) is 0. The maximum absolute atomic E-state index is 13.8. The number of benzene rings is 1. The number of nitrogens with zero attached hydrogens (tertiary/aromatic N) is 5. The minimum absolute atomic E-state index is 0.000679. The van der Waals surface area contributed by atoms with Crippen molar-refractivity contribution in [1.29, 1.82) is 0 Å². The number of thiophene rings is 1. The molecule has 0 saturated heterocycles. The van der Waals surface area contributed by atoms with E-state index in [4.69, 9.17) is 33.7 Å². The average Bonchev–Trinajstić information content (AvgIpc) is 3.65. The van der Waals surface area contributed by atoms with Gasteiger partial charge >= 0.3 is 0 Å². The summed E-state index contributed by atoms with van der Waals surface area (Å²) in [4.78, 5) is 29.8. The smallest absolute Gasteiger partial charge is 0.280 e. The molecule has 0 fully saturated rings. The molecule has 0 unspecified atom stereocenters. The van der Waals surface area contributed by atoms with E-state index in [9.17, 15) is 18.4 Å². The Bertz CT molecular complexity index is 1800. The molecule has 2 amide bonds. The first kappa shape index (κ1) is 28.5. The molecule has 3 N–H and O–H groups in total. The van der Waals surface area contributed by atoms with Gasteiger partial charge in [-0.1, -0.05) is 23.2 Å². The molecule has 0 aliphatic heterocycles. The summed E-state index contributed by atoms with van der Waals surface area (Å²) in [6, 6.07) is 7.44. The van der Waals surface area contributed by atoms with Crippen LogP contribution in [0.15, 0.2) is 42.7 Å². The van der Waals surface area contributed by atoms with Crippen LogP contribution < -0.4 is 15.8 Å². The zero-order valence-electron chi connectivity index (χ0n) is 21.5. The van der Waals surface area contributed by atoms with E-state index in [1.165, 1.54) is 29.1 Å². The SMILES string of the molecule is CCn1ncc(-c2cc(C(F)F)nc3sc(C(N)=O)c(NC(=O)c4ccn(COc5ccc(Cl)cc5Cl)n4)c23)c1C. The van der Waals surface area contributed by atoms with Gasteiger partial charge in [0.25, 0.3) is 18.2 Å². The quantitative estimate of drug-likeness (QED) is 0.199. The molecule has 5 rings (SSSR count). The highest BCUT2D eigenvalue weighted by Crippen LogP contribution is 2.43. The van der Waals surface area contributed by atoms with Crippen LogP contribution in [0.5, 0.6) is 5.75 Å². The van der Waals surface area contributed by atoms with Gasteiger partial charge in [0.2, 0.25) is 0 Å². The standard InChI is InChI=1S/C26H21Cl2F2N7O3S/c1-3-37-12(2)15(10-32-37)14-9-18(23(29)30)33-26-20(14)21(22(41-26)24(31)38)34-25(39)17-6-7-36(35-17)11-40-19-5-4-13(27)8-16(19)28/h4-10,23H,3,11H2,1-2H3,(H2,31,38)(H,34,39). The van der Waals surface area contributed by atoms with Gasteiger partial charge in [-0.25, -0.2) is 18.4 Å². The number of halogens is 4. The van der Waals surface area contributed by atoms with Gasteiger partial charge in [0.1, 0.15) is 21.2 Å². The second kappa shape index (κ2) is 11.4. The second-order valence-electron chi connectivity index (χ2n) is 8.75. The van der Waals surface area contributed by atoms with Crippen LogP contribution in [0, 0.1) is 6.92 Å². The highest BCUT2D eigenvalue weighted by molar-refractivity contribution is 7.21. The Morgan fingerprint density at radius 1 is 1.20 bits per heavy atom. The van der Waals surface area contributed by atoms with Crippen molar-refractivity contribution >= 4 is 62.3 Å². The van der Waals surface area contributed by atoms with E-state index in [0.717, 1.165) is 11.3 Å². The number of nitrogens with one attached hydrogen (secondary N) is 1. The van der Waals surface area contributed by atoms with Crippen molar-refractivity contribution in [3.05, 3.63) is 74.7 Å². The summed E-state index contributed by atoms with van der Waals surface area (Å²) in [5, 5.41) is 12.3. The second-order valence-corrected chi connectivity index (χ2v) is 10.6. The fourth-order valence-electron chi connectivity index (χ4n) is 4.22. The molecule has 10 nitrogen and oxygen atoms in total. The van der Waals surface area contributed by atoms with Gasteiger partial charge in [0.05, 0.1) is 16.9 Å². The lowest BCUT2D eigenvalue weighted by Crippen LogP contribution is -2.18. The lowest BCUT2D eigenvalue weighted by Gasteiger charge is -2.11. The number of carbonyl (C=O) groups excluding carboxylic acids is 2. The van der Waals surface area contributed by atoms with Crippen LogP contribution in [0.2, 0.25) is 10.0 Å². The summed E-state index contributed by atoms with van der Waals surface area (Å²) in [6.07, 6.45) is 0.194. The molecule has 0 bridgehead atoms. The number of pyridine rings is 1. The zero-order chi connectivity index (χ0) is 29.4. The first-order valence-electron chi connectivity index (χ1n) is 12.1. The Balaban J connectivity index is 1.51. The molecular weight excluding hydrogens is 599 g/mol. The van der Waals surface area contributed by atoms with Crippen molar-refractivity contribution in [2.45, 2.75) is 33.5 Å². The van der Waals surface area contributed by atoms with E-state index in [1.807, 2.05) is 6.92 Å². The maximum Gasteiger partial charge on any atom is 0.280 e. The minimum atomic E-state index is -2.87. The Hall–Kier alpha value is -4.07. The lowest BCUT2D eigenvalue weighted by molar-refractivity contribution is 0.100. The molecule has 0 atom stereocenters. The van der Waals surface area contributed by atoms with Gasteiger partial charge in [-0.15, -0.1) is 11.3 Å². The van der Waals surface area contributed by atoms with Crippen LogP contribution in [-0.4, -0.2) is 36.4 Å². The summed E-state index contributed by atoms with van der Waals surface area (Å²) in [5.41, 5.74) is 6.79. The Kier molecular flexibility index (Phi) is 7.93. The number of alkyl halides is 2. The molecule has 41 heavy (non-hydrogen) atoms. The third-order valence-electron chi connectivity index (χ3n) is 6.18. The maximum atomic E-state index is 13.8. The molecule has 0 saturated carbocycles. The summed E-state index contributed by atoms with van der Waals surface area (Å²) in [6.45, 7) is 4.18. The van der Waals surface area contributed by atoms with Crippen LogP contribution in [0.3, 0.4) is 0 Å². The highest BCUT2D eigenvalue weighted by Gasteiger charge is 2.27. The van der Waals surface area contributed by atoms with Crippen molar-refractivity contribution in [3.8, 4) is 16.9 Å². The highest BCUT2D eigenvalue weighted by atomic mass is 35.5. The number of aryl methyl sites for hydroxylation is 1.